The van der Waals surface area contributed by atoms with Crippen molar-refractivity contribution < 1.29 is 13.9 Å². The molecule has 1 unspecified atom stereocenters. The second-order valence-corrected chi connectivity index (χ2v) is 10.9. The van der Waals surface area contributed by atoms with E-state index in [1.54, 1.807) is 12.1 Å². The summed E-state index contributed by atoms with van der Waals surface area (Å²) in [5.74, 6) is 0.570. The van der Waals surface area contributed by atoms with Crippen molar-refractivity contribution in [1.82, 2.24) is 20.0 Å². The van der Waals surface area contributed by atoms with Gasteiger partial charge in [0.15, 0.2) is 0 Å². The summed E-state index contributed by atoms with van der Waals surface area (Å²) in [6.45, 7) is 9.35. The smallest absolute Gasteiger partial charge is 0.318 e. The number of hydrogen-bond acceptors (Lipinski definition) is 4. The van der Waals surface area contributed by atoms with E-state index in [-0.39, 0.29) is 24.0 Å². The van der Waals surface area contributed by atoms with Gasteiger partial charge in [0.05, 0.1) is 6.10 Å². The SMILES string of the molecule is CC(C)Oc1ccc(CN(C(=O)NCc2ccc(F)cc2)C2CCN(CCC3CCCN3C)CC2)cc1. The number of benzene rings is 2. The molecule has 2 aromatic rings. The fourth-order valence-electron chi connectivity index (χ4n) is 5.52. The molecule has 6 nitrogen and oxygen atoms in total. The zero-order chi connectivity index (χ0) is 26.2. The zero-order valence-corrected chi connectivity index (χ0v) is 22.7. The van der Waals surface area contributed by atoms with E-state index in [2.05, 4.69) is 22.2 Å². The predicted octanol–water partition coefficient (Wildman–Crippen LogP) is 5.27. The molecule has 0 aromatic heterocycles. The molecule has 37 heavy (non-hydrogen) atoms. The van der Waals surface area contributed by atoms with Crippen molar-refractivity contribution in [2.75, 3.05) is 33.2 Å². The number of nitrogens with zero attached hydrogens (tertiary/aromatic N) is 3. The molecule has 0 saturated carbocycles. The molecule has 1 N–H and O–H groups in total. The van der Waals surface area contributed by atoms with Gasteiger partial charge in [-0.3, -0.25) is 0 Å². The fourth-order valence-corrected chi connectivity index (χ4v) is 5.52. The maximum absolute atomic E-state index is 13.4. The molecule has 2 aliphatic heterocycles. The Morgan fingerprint density at radius 3 is 2.32 bits per heavy atom. The van der Waals surface area contributed by atoms with Crippen molar-refractivity contribution in [3.05, 3.63) is 65.5 Å². The molecule has 2 fully saturated rings. The minimum atomic E-state index is -0.270. The number of urea groups is 1. The third-order valence-electron chi connectivity index (χ3n) is 7.71. The first-order chi connectivity index (χ1) is 17.9. The van der Waals surface area contributed by atoms with Gasteiger partial charge in [0, 0.05) is 38.3 Å². The molecule has 0 spiro atoms. The highest BCUT2D eigenvalue weighted by molar-refractivity contribution is 5.74. The second-order valence-electron chi connectivity index (χ2n) is 10.9. The lowest BCUT2D eigenvalue weighted by atomic mass is 10.0. The van der Waals surface area contributed by atoms with Crippen LogP contribution in [0.15, 0.2) is 48.5 Å². The summed E-state index contributed by atoms with van der Waals surface area (Å²) in [6.07, 6.45) is 5.93. The molecule has 7 heteroatoms. The molecule has 0 aliphatic carbocycles. The summed E-state index contributed by atoms with van der Waals surface area (Å²) < 4.78 is 19.1. The fraction of sp³-hybridized carbons (Fsp3) is 0.567. The number of ether oxygens (including phenoxy) is 1. The maximum Gasteiger partial charge on any atom is 0.318 e. The lowest BCUT2D eigenvalue weighted by Gasteiger charge is -2.39. The highest BCUT2D eigenvalue weighted by atomic mass is 19.1. The Hall–Kier alpha value is -2.64. The van der Waals surface area contributed by atoms with E-state index in [1.165, 1.54) is 37.9 Å². The van der Waals surface area contributed by atoms with E-state index in [0.29, 0.717) is 19.1 Å². The number of carbonyl (C=O) groups is 1. The van der Waals surface area contributed by atoms with Crippen molar-refractivity contribution in [2.24, 2.45) is 0 Å². The van der Waals surface area contributed by atoms with Gasteiger partial charge in [-0.25, -0.2) is 9.18 Å². The standard InChI is InChI=1S/C30H43FN4O2/c1-23(2)37-29-12-8-25(9-13-29)22-35(30(36)32-21-24-6-10-26(31)11-7-24)28-15-19-34(20-16-28)18-14-27-5-4-17-33(27)3/h6-13,23,27-28H,4-5,14-22H2,1-3H3,(H,32,36). The largest absolute Gasteiger partial charge is 0.491 e. The minimum absolute atomic E-state index is 0.0714. The van der Waals surface area contributed by atoms with Gasteiger partial charge in [0.2, 0.25) is 0 Å². The van der Waals surface area contributed by atoms with E-state index in [1.807, 2.05) is 43.0 Å². The Kier molecular flexibility index (Phi) is 9.81. The first kappa shape index (κ1) is 27.4. The van der Waals surface area contributed by atoms with Gasteiger partial charge < -0.3 is 24.8 Å². The van der Waals surface area contributed by atoms with Crippen molar-refractivity contribution in [1.29, 1.82) is 0 Å². The molecule has 4 rings (SSSR count). The van der Waals surface area contributed by atoms with Gasteiger partial charge in [-0.05, 0) is 101 Å². The van der Waals surface area contributed by atoms with Gasteiger partial charge in [0.25, 0.3) is 0 Å². The Balaban J connectivity index is 1.36. The monoisotopic (exact) mass is 510 g/mol. The third kappa shape index (κ3) is 8.17. The number of likely N-dealkylation sites (tertiary alicyclic amines) is 2. The van der Waals surface area contributed by atoms with E-state index in [0.717, 1.165) is 49.4 Å². The molecule has 2 amide bonds. The molecule has 2 aromatic carbocycles. The molecule has 2 saturated heterocycles. The van der Waals surface area contributed by atoms with E-state index in [4.69, 9.17) is 4.74 Å². The van der Waals surface area contributed by atoms with Crippen LogP contribution < -0.4 is 10.1 Å². The van der Waals surface area contributed by atoms with E-state index in [9.17, 15) is 9.18 Å². The Labute approximate surface area is 221 Å². The number of amides is 2. The average Bonchev–Trinajstić information content (AvgIpc) is 3.31. The minimum Gasteiger partial charge on any atom is -0.491 e. The molecule has 1 atom stereocenters. The van der Waals surface area contributed by atoms with Crippen LogP contribution in [-0.2, 0) is 13.1 Å². The number of hydrogen-bond donors (Lipinski definition) is 1. The number of nitrogens with one attached hydrogen (secondary N) is 1. The van der Waals surface area contributed by atoms with Crippen LogP contribution in [0.2, 0.25) is 0 Å². The molecule has 202 valence electrons. The molecular formula is C30H43FN4O2. The average molecular weight is 511 g/mol. The van der Waals surface area contributed by atoms with Crippen LogP contribution in [0.1, 0.15) is 57.1 Å². The normalized spacial score (nSPS) is 19.3. The van der Waals surface area contributed by atoms with Crippen LogP contribution in [0.25, 0.3) is 0 Å². The van der Waals surface area contributed by atoms with E-state index < -0.39 is 0 Å². The molecule has 0 radical (unpaired) electrons. The summed E-state index contributed by atoms with van der Waals surface area (Å²) >= 11 is 0. The number of carbonyl (C=O) groups excluding carboxylic acids is 1. The second kappa shape index (κ2) is 13.2. The van der Waals surface area contributed by atoms with Crippen LogP contribution in [0.4, 0.5) is 9.18 Å². The predicted molar refractivity (Wildman–Crippen MR) is 146 cm³/mol. The van der Waals surface area contributed by atoms with Crippen LogP contribution in [0.5, 0.6) is 5.75 Å². The molecule has 2 heterocycles. The number of rotatable bonds is 10. The summed E-state index contributed by atoms with van der Waals surface area (Å²) in [6, 6.07) is 15.2. The Morgan fingerprint density at radius 2 is 1.70 bits per heavy atom. The maximum atomic E-state index is 13.4. The quantitative estimate of drug-likeness (QED) is 0.473. The van der Waals surface area contributed by atoms with Crippen LogP contribution >= 0.6 is 0 Å². The van der Waals surface area contributed by atoms with Crippen LogP contribution in [0, 0.1) is 5.82 Å². The molecule has 2 aliphatic rings. The number of halogens is 1. The third-order valence-corrected chi connectivity index (χ3v) is 7.71. The van der Waals surface area contributed by atoms with Crippen molar-refractivity contribution in [3.8, 4) is 5.75 Å². The summed E-state index contributed by atoms with van der Waals surface area (Å²) in [7, 11) is 2.24. The zero-order valence-electron chi connectivity index (χ0n) is 22.7. The van der Waals surface area contributed by atoms with E-state index >= 15 is 0 Å². The van der Waals surface area contributed by atoms with Gasteiger partial charge in [-0.2, -0.15) is 0 Å². The first-order valence-corrected chi connectivity index (χ1v) is 13.8. The Bertz CT molecular complexity index is 974. The molecular weight excluding hydrogens is 467 g/mol. The molecule has 0 bridgehead atoms. The van der Waals surface area contributed by atoms with Crippen LogP contribution in [0.3, 0.4) is 0 Å². The van der Waals surface area contributed by atoms with Crippen molar-refractivity contribution in [2.45, 2.75) is 77.2 Å². The van der Waals surface area contributed by atoms with Gasteiger partial charge in [-0.1, -0.05) is 24.3 Å². The summed E-state index contributed by atoms with van der Waals surface area (Å²) in [4.78, 5) is 20.5. The topological polar surface area (TPSA) is 48.1 Å². The van der Waals surface area contributed by atoms with Gasteiger partial charge >= 0.3 is 6.03 Å². The number of piperidine rings is 1. The Morgan fingerprint density at radius 1 is 1.03 bits per heavy atom. The lowest BCUT2D eigenvalue weighted by Crippen LogP contribution is -2.50. The first-order valence-electron chi connectivity index (χ1n) is 13.8. The summed E-state index contributed by atoms with van der Waals surface area (Å²) in [5, 5.41) is 3.07. The van der Waals surface area contributed by atoms with Gasteiger partial charge in [-0.15, -0.1) is 0 Å². The van der Waals surface area contributed by atoms with Crippen LogP contribution in [-0.4, -0.2) is 72.1 Å². The highest BCUT2D eigenvalue weighted by Gasteiger charge is 2.29. The van der Waals surface area contributed by atoms with Gasteiger partial charge in [0.1, 0.15) is 11.6 Å². The highest BCUT2D eigenvalue weighted by Crippen LogP contribution is 2.23. The van der Waals surface area contributed by atoms with Crippen molar-refractivity contribution >= 4 is 6.03 Å². The van der Waals surface area contributed by atoms with Crippen molar-refractivity contribution in [3.63, 3.8) is 0 Å². The lowest BCUT2D eigenvalue weighted by molar-refractivity contribution is 0.111. The summed E-state index contributed by atoms with van der Waals surface area (Å²) in [5.41, 5.74) is 1.97.